The number of piperidine rings is 1. The molecule has 1 aromatic rings. The summed E-state index contributed by atoms with van der Waals surface area (Å²) in [6.07, 6.45) is 2.20. The van der Waals surface area contributed by atoms with Gasteiger partial charge in [0.25, 0.3) is 0 Å². The molecule has 0 aromatic heterocycles. The van der Waals surface area contributed by atoms with Gasteiger partial charge in [-0.2, -0.15) is 13.2 Å². The summed E-state index contributed by atoms with van der Waals surface area (Å²) >= 11 is -0.294. The number of thioether (sulfide) groups is 1. The first-order valence-electron chi connectivity index (χ1n) is 8.44. The minimum absolute atomic E-state index is 0.0736. The third-order valence-electron chi connectivity index (χ3n) is 4.22. The van der Waals surface area contributed by atoms with Crippen LogP contribution in [-0.2, 0) is 14.8 Å². The number of nitrogens with zero attached hydrogens (tertiary/aromatic N) is 1. The zero-order valence-electron chi connectivity index (χ0n) is 14.5. The lowest BCUT2D eigenvalue weighted by molar-refractivity contribution is -0.123. The number of amides is 1. The van der Waals surface area contributed by atoms with E-state index in [0.717, 1.165) is 43.7 Å². The third-order valence-corrected chi connectivity index (χ3v) is 6.43. The number of nitrogens with two attached hydrogens (primary N) is 1. The highest BCUT2D eigenvalue weighted by molar-refractivity contribution is 8.00. The van der Waals surface area contributed by atoms with Crippen LogP contribution in [0.5, 0.6) is 0 Å². The zero-order chi connectivity index (χ0) is 20.1. The first-order chi connectivity index (χ1) is 12.6. The predicted octanol–water partition coefficient (Wildman–Crippen LogP) is 2.16. The van der Waals surface area contributed by atoms with Gasteiger partial charge in [-0.05, 0) is 68.4 Å². The molecule has 0 saturated carbocycles. The molecule has 1 aliphatic heterocycles. The van der Waals surface area contributed by atoms with E-state index < -0.39 is 15.5 Å². The van der Waals surface area contributed by atoms with Gasteiger partial charge in [0.15, 0.2) is 0 Å². The molecular formula is C16H22F3N3O3S2. The molecule has 1 heterocycles. The van der Waals surface area contributed by atoms with Gasteiger partial charge in [0, 0.05) is 18.0 Å². The molecule has 0 bridgehead atoms. The second kappa shape index (κ2) is 9.26. The van der Waals surface area contributed by atoms with Gasteiger partial charge in [-0.15, -0.1) is 0 Å². The van der Waals surface area contributed by atoms with E-state index in [1.54, 1.807) is 0 Å². The van der Waals surface area contributed by atoms with Crippen molar-refractivity contribution in [2.75, 3.05) is 26.2 Å². The normalized spacial score (nSPS) is 19.1. The van der Waals surface area contributed by atoms with Crippen molar-refractivity contribution in [3.63, 3.8) is 0 Å². The molecule has 6 nitrogen and oxygen atoms in total. The van der Waals surface area contributed by atoms with Crippen LogP contribution in [0.15, 0.2) is 34.1 Å². The Bertz CT molecular complexity index is 740. The molecule has 1 fully saturated rings. The standard InChI is InChI=1S/C16H22F3N3O3S2/c17-16(18,19)26-13-4-6-14(7-5-13)27(24,25)21-8-2-10-22-9-1-3-12(11-22)15(20)23/h4-7,12,21H,1-3,8-11H2,(H2,20,23). The maximum atomic E-state index is 12.3. The molecule has 11 heteroatoms. The van der Waals surface area contributed by atoms with Crippen molar-refractivity contribution in [2.45, 2.75) is 34.6 Å². The summed E-state index contributed by atoms with van der Waals surface area (Å²) in [5.41, 5.74) is 0.913. The molecule has 27 heavy (non-hydrogen) atoms. The topological polar surface area (TPSA) is 92.5 Å². The van der Waals surface area contributed by atoms with Gasteiger partial charge >= 0.3 is 5.51 Å². The zero-order valence-corrected chi connectivity index (χ0v) is 16.2. The number of sulfonamides is 1. The van der Waals surface area contributed by atoms with Crippen LogP contribution in [0, 0.1) is 5.92 Å². The average Bonchev–Trinajstić information content (AvgIpc) is 2.58. The molecule has 1 aliphatic rings. The van der Waals surface area contributed by atoms with Crippen LogP contribution in [0.2, 0.25) is 0 Å². The summed E-state index contributed by atoms with van der Waals surface area (Å²) in [7, 11) is -3.78. The molecule has 1 aromatic carbocycles. The van der Waals surface area contributed by atoms with Crippen LogP contribution < -0.4 is 10.5 Å². The van der Waals surface area contributed by atoms with Crippen molar-refractivity contribution in [1.82, 2.24) is 9.62 Å². The van der Waals surface area contributed by atoms with Crippen molar-refractivity contribution in [3.05, 3.63) is 24.3 Å². The fourth-order valence-corrected chi connectivity index (χ4v) is 4.52. The number of halogens is 3. The van der Waals surface area contributed by atoms with Crippen molar-refractivity contribution < 1.29 is 26.4 Å². The van der Waals surface area contributed by atoms with Crippen LogP contribution in [-0.4, -0.2) is 50.9 Å². The molecule has 0 spiro atoms. The Morgan fingerprint density at radius 3 is 2.56 bits per heavy atom. The summed E-state index contributed by atoms with van der Waals surface area (Å²) in [6, 6.07) is 4.56. The number of nitrogens with one attached hydrogen (secondary N) is 1. The number of hydrogen-bond donors (Lipinski definition) is 2. The monoisotopic (exact) mass is 425 g/mol. The number of likely N-dealkylation sites (tertiary alicyclic amines) is 1. The molecule has 0 radical (unpaired) electrons. The Labute approximate surface area is 160 Å². The second-order valence-corrected chi connectivity index (χ2v) is 9.22. The van der Waals surface area contributed by atoms with Crippen LogP contribution in [0.1, 0.15) is 19.3 Å². The van der Waals surface area contributed by atoms with Crippen LogP contribution in [0.4, 0.5) is 13.2 Å². The van der Waals surface area contributed by atoms with Gasteiger partial charge in [-0.1, -0.05) is 0 Å². The first kappa shape index (κ1) is 22.0. The van der Waals surface area contributed by atoms with Gasteiger partial charge in [0.05, 0.1) is 10.8 Å². The minimum atomic E-state index is -4.42. The molecule has 2 rings (SSSR count). The van der Waals surface area contributed by atoms with Crippen LogP contribution in [0.25, 0.3) is 0 Å². The van der Waals surface area contributed by atoms with E-state index >= 15 is 0 Å². The maximum Gasteiger partial charge on any atom is 0.446 e. The van der Waals surface area contributed by atoms with E-state index in [-0.39, 0.29) is 39.9 Å². The number of primary amides is 1. The Hall–Kier alpha value is -1.30. The molecule has 152 valence electrons. The van der Waals surface area contributed by atoms with E-state index in [9.17, 15) is 26.4 Å². The maximum absolute atomic E-state index is 12.3. The summed E-state index contributed by atoms with van der Waals surface area (Å²) in [4.78, 5) is 13.2. The van der Waals surface area contributed by atoms with E-state index in [2.05, 4.69) is 9.62 Å². The predicted molar refractivity (Wildman–Crippen MR) is 96.5 cm³/mol. The smallest absolute Gasteiger partial charge is 0.369 e. The van der Waals surface area contributed by atoms with Crippen molar-refractivity contribution >= 4 is 27.7 Å². The minimum Gasteiger partial charge on any atom is -0.369 e. The Balaban J connectivity index is 1.80. The van der Waals surface area contributed by atoms with E-state index in [4.69, 9.17) is 5.73 Å². The number of hydrogen-bond acceptors (Lipinski definition) is 5. The summed E-state index contributed by atoms with van der Waals surface area (Å²) in [5.74, 6) is -0.476. The average molecular weight is 425 g/mol. The Morgan fingerprint density at radius 2 is 1.96 bits per heavy atom. The lowest BCUT2D eigenvalue weighted by Gasteiger charge is -2.31. The van der Waals surface area contributed by atoms with Crippen LogP contribution >= 0.6 is 11.8 Å². The molecule has 1 saturated heterocycles. The van der Waals surface area contributed by atoms with E-state index in [1.807, 2.05) is 0 Å². The van der Waals surface area contributed by atoms with Gasteiger partial charge in [0.2, 0.25) is 15.9 Å². The second-order valence-electron chi connectivity index (χ2n) is 6.31. The summed E-state index contributed by atoms with van der Waals surface area (Å²) in [5, 5.41) is 0. The Morgan fingerprint density at radius 1 is 1.30 bits per heavy atom. The van der Waals surface area contributed by atoms with Gasteiger partial charge in [-0.25, -0.2) is 13.1 Å². The highest BCUT2D eigenvalue weighted by atomic mass is 32.2. The molecule has 1 unspecified atom stereocenters. The van der Waals surface area contributed by atoms with E-state index in [1.165, 1.54) is 0 Å². The van der Waals surface area contributed by atoms with Gasteiger partial charge in [0.1, 0.15) is 0 Å². The molecule has 3 N–H and O–H groups in total. The lowest BCUT2D eigenvalue weighted by Crippen LogP contribution is -2.42. The van der Waals surface area contributed by atoms with Crippen molar-refractivity contribution in [1.29, 1.82) is 0 Å². The quantitative estimate of drug-likeness (QED) is 0.492. The lowest BCUT2D eigenvalue weighted by atomic mass is 9.97. The Kier molecular flexibility index (Phi) is 7.55. The van der Waals surface area contributed by atoms with E-state index in [0.29, 0.717) is 19.5 Å². The van der Waals surface area contributed by atoms with Crippen molar-refractivity contribution in [3.8, 4) is 0 Å². The SMILES string of the molecule is NC(=O)C1CCCN(CCCNS(=O)(=O)c2ccc(SC(F)(F)F)cc2)C1. The number of rotatable bonds is 8. The summed E-state index contributed by atoms with van der Waals surface area (Å²) in [6.45, 7) is 2.25. The highest BCUT2D eigenvalue weighted by Crippen LogP contribution is 2.36. The number of benzene rings is 1. The van der Waals surface area contributed by atoms with Crippen LogP contribution in [0.3, 0.4) is 0 Å². The largest absolute Gasteiger partial charge is 0.446 e. The number of alkyl halides is 3. The molecule has 1 amide bonds. The molecular weight excluding hydrogens is 403 g/mol. The number of carbonyl (C=O) groups excluding carboxylic acids is 1. The third kappa shape index (κ3) is 7.32. The van der Waals surface area contributed by atoms with Crippen molar-refractivity contribution in [2.24, 2.45) is 11.7 Å². The summed E-state index contributed by atoms with van der Waals surface area (Å²) < 4.78 is 63.8. The fourth-order valence-electron chi connectivity index (χ4n) is 2.90. The molecule has 0 aliphatic carbocycles. The first-order valence-corrected chi connectivity index (χ1v) is 10.7. The van der Waals surface area contributed by atoms with Gasteiger partial charge in [-0.3, -0.25) is 4.79 Å². The highest BCUT2D eigenvalue weighted by Gasteiger charge is 2.29. The molecule has 1 atom stereocenters. The fraction of sp³-hybridized carbons (Fsp3) is 0.562. The van der Waals surface area contributed by atoms with Gasteiger partial charge < -0.3 is 10.6 Å². The number of carbonyl (C=O) groups is 1.